The maximum Gasteiger partial charge on any atom is 0.323 e. The van der Waals surface area contributed by atoms with Gasteiger partial charge in [-0.05, 0) is 18.2 Å². The van der Waals surface area contributed by atoms with E-state index in [1.807, 2.05) is 0 Å². The number of carboxylic acids is 1. The molecule has 0 atom stereocenters. The molecule has 0 spiro atoms. The molecule has 1 rings (SSSR count). The summed E-state index contributed by atoms with van der Waals surface area (Å²) in [4.78, 5) is 23.1. The van der Waals surface area contributed by atoms with Crippen molar-refractivity contribution >= 4 is 12.0 Å². The summed E-state index contributed by atoms with van der Waals surface area (Å²) in [7, 11) is 0. The highest BCUT2D eigenvalue weighted by Crippen LogP contribution is 2.09. The Bertz CT molecular complexity index is 555. The van der Waals surface area contributed by atoms with Crippen molar-refractivity contribution in [3.8, 4) is 12.3 Å². The summed E-state index contributed by atoms with van der Waals surface area (Å²) < 4.78 is 26.3. The van der Waals surface area contributed by atoms with Crippen molar-refractivity contribution in [2.24, 2.45) is 0 Å². The lowest BCUT2D eigenvalue weighted by molar-refractivity contribution is -0.137. The van der Waals surface area contributed by atoms with Crippen molar-refractivity contribution in [1.82, 2.24) is 10.2 Å². The number of amides is 2. The second-order valence-electron chi connectivity index (χ2n) is 3.85. The van der Waals surface area contributed by atoms with Crippen LogP contribution in [-0.4, -0.2) is 35.1 Å². The molecule has 0 aromatic heterocycles. The lowest BCUT2D eigenvalue weighted by Gasteiger charge is -2.18. The molecule has 0 heterocycles. The number of nitrogens with zero attached hydrogens (tertiary/aromatic N) is 1. The Hall–Kier alpha value is -2.62. The number of aliphatic carboxylic acids is 1. The van der Waals surface area contributed by atoms with Crippen LogP contribution >= 0.6 is 0 Å². The van der Waals surface area contributed by atoms with E-state index in [0.29, 0.717) is 0 Å². The van der Waals surface area contributed by atoms with Crippen LogP contribution in [0.5, 0.6) is 0 Å². The molecule has 2 N–H and O–H groups in total. The minimum Gasteiger partial charge on any atom is -0.480 e. The Kier molecular flexibility index (Phi) is 5.47. The lowest BCUT2D eigenvalue weighted by atomic mass is 10.2. The third kappa shape index (κ3) is 4.57. The van der Waals surface area contributed by atoms with Gasteiger partial charge in [-0.25, -0.2) is 13.6 Å². The van der Waals surface area contributed by atoms with Crippen LogP contribution in [0.2, 0.25) is 0 Å². The fourth-order valence-corrected chi connectivity index (χ4v) is 1.43. The van der Waals surface area contributed by atoms with Crippen LogP contribution in [0.4, 0.5) is 13.6 Å². The molecule has 0 fully saturated rings. The molecule has 0 radical (unpaired) electrons. The first-order valence-corrected chi connectivity index (χ1v) is 5.56. The van der Waals surface area contributed by atoms with Gasteiger partial charge in [0, 0.05) is 12.1 Å². The Morgan fingerprint density at radius 2 is 2.10 bits per heavy atom. The highest BCUT2D eigenvalue weighted by molar-refractivity contribution is 5.80. The Morgan fingerprint density at radius 3 is 2.70 bits per heavy atom. The molecule has 0 bridgehead atoms. The normalized spacial score (nSPS) is 9.65. The molecular weight excluding hydrogens is 270 g/mol. The first-order chi connectivity index (χ1) is 9.43. The molecule has 106 valence electrons. The van der Waals surface area contributed by atoms with E-state index >= 15 is 0 Å². The monoisotopic (exact) mass is 282 g/mol. The van der Waals surface area contributed by atoms with Gasteiger partial charge in [0.05, 0.1) is 6.54 Å². The minimum atomic E-state index is -1.23. The van der Waals surface area contributed by atoms with Crippen molar-refractivity contribution in [3.05, 3.63) is 35.4 Å². The summed E-state index contributed by atoms with van der Waals surface area (Å²) in [6.45, 7) is -1.06. The number of carbonyl (C=O) groups excluding carboxylic acids is 1. The number of urea groups is 1. The van der Waals surface area contributed by atoms with E-state index in [0.717, 1.165) is 23.1 Å². The molecule has 0 saturated heterocycles. The lowest BCUT2D eigenvalue weighted by Crippen LogP contribution is -2.42. The Morgan fingerprint density at radius 1 is 1.40 bits per heavy atom. The van der Waals surface area contributed by atoms with E-state index in [2.05, 4.69) is 11.2 Å². The van der Waals surface area contributed by atoms with E-state index in [1.165, 1.54) is 0 Å². The molecule has 1 aromatic rings. The number of halogens is 2. The zero-order chi connectivity index (χ0) is 15.1. The van der Waals surface area contributed by atoms with Crippen LogP contribution in [0.25, 0.3) is 0 Å². The van der Waals surface area contributed by atoms with Gasteiger partial charge in [0.1, 0.15) is 18.2 Å². The number of rotatable bonds is 5. The quantitative estimate of drug-likeness (QED) is 0.797. The summed E-state index contributed by atoms with van der Waals surface area (Å²) in [6, 6.07) is 2.07. The summed E-state index contributed by atoms with van der Waals surface area (Å²) in [6.07, 6.45) is 5.02. The van der Waals surface area contributed by atoms with Crippen LogP contribution in [0.1, 0.15) is 5.56 Å². The largest absolute Gasteiger partial charge is 0.480 e. The van der Waals surface area contributed by atoms with Gasteiger partial charge >= 0.3 is 12.0 Å². The summed E-state index contributed by atoms with van der Waals surface area (Å²) in [5.74, 6) is -0.399. The number of nitrogens with one attached hydrogen (secondary N) is 1. The average molecular weight is 282 g/mol. The van der Waals surface area contributed by atoms with Crippen LogP contribution in [0, 0.1) is 24.0 Å². The standard InChI is InChI=1S/C13H12F2N2O3/c1-2-5-17(8-12(18)19)13(20)16-7-9-6-10(14)3-4-11(9)15/h1,3-4,6H,5,7-8H2,(H,16,20)(H,18,19). The molecule has 20 heavy (non-hydrogen) atoms. The van der Waals surface area contributed by atoms with E-state index in [9.17, 15) is 18.4 Å². The van der Waals surface area contributed by atoms with Gasteiger partial charge in [-0.2, -0.15) is 0 Å². The van der Waals surface area contributed by atoms with Gasteiger partial charge < -0.3 is 15.3 Å². The molecule has 1 aromatic carbocycles. The minimum absolute atomic E-state index is 0.0469. The van der Waals surface area contributed by atoms with Crippen LogP contribution in [0.3, 0.4) is 0 Å². The van der Waals surface area contributed by atoms with Crippen molar-refractivity contribution in [2.45, 2.75) is 6.54 Å². The second kappa shape index (κ2) is 7.09. The number of hydrogen-bond acceptors (Lipinski definition) is 2. The number of hydrogen-bond donors (Lipinski definition) is 2. The van der Waals surface area contributed by atoms with Gasteiger partial charge in [-0.15, -0.1) is 6.42 Å². The van der Waals surface area contributed by atoms with Crippen molar-refractivity contribution in [3.63, 3.8) is 0 Å². The number of benzene rings is 1. The summed E-state index contributed by atoms with van der Waals surface area (Å²) in [5, 5.41) is 10.9. The molecule has 2 amide bonds. The van der Waals surface area contributed by atoms with Gasteiger partial charge in [-0.1, -0.05) is 5.92 Å². The average Bonchev–Trinajstić information content (AvgIpc) is 2.38. The van der Waals surface area contributed by atoms with Crippen LogP contribution < -0.4 is 5.32 Å². The maximum absolute atomic E-state index is 13.3. The van der Waals surface area contributed by atoms with E-state index in [1.54, 1.807) is 0 Å². The SMILES string of the molecule is C#CCN(CC(=O)O)C(=O)NCc1cc(F)ccc1F. The second-order valence-corrected chi connectivity index (χ2v) is 3.85. The Labute approximate surface area is 114 Å². The van der Waals surface area contributed by atoms with Crippen molar-refractivity contribution < 1.29 is 23.5 Å². The number of carbonyl (C=O) groups is 2. The fourth-order valence-electron chi connectivity index (χ4n) is 1.43. The molecular formula is C13H12F2N2O3. The van der Waals surface area contributed by atoms with Crippen molar-refractivity contribution in [1.29, 1.82) is 0 Å². The number of terminal acetylenes is 1. The van der Waals surface area contributed by atoms with Crippen molar-refractivity contribution in [2.75, 3.05) is 13.1 Å². The topological polar surface area (TPSA) is 69.6 Å². The van der Waals surface area contributed by atoms with E-state index in [4.69, 9.17) is 11.5 Å². The van der Waals surface area contributed by atoms with E-state index in [-0.39, 0.29) is 18.7 Å². The third-order valence-electron chi connectivity index (χ3n) is 2.33. The fraction of sp³-hybridized carbons (Fsp3) is 0.231. The first kappa shape index (κ1) is 15.4. The molecule has 7 heteroatoms. The summed E-state index contributed by atoms with van der Waals surface area (Å²) >= 11 is 0. The smallest absolute Gasteiger partial charge is 0.323 e. The van der Waals surface area contributed by atoms with Gasteiger partial charge in [0.25, 0.3) is 0 Å². The predicted octanol–water partition coefficient (Wildman–Crippen LogP) is 1.19. The highest BCUT2D eigenvalue weighted by Gasteiger charge is 2.16. The molecule has 0 aliphatic heterocycles. The van der Waals surface area contributed by atoms with E-state index < -0.39 is 30.2 Å². The van der Waals surface area contributed by atoms with Gasteiger partial charge in [-0.3, -0.25) is 4.79 Å². The zero-order valence-electron chi connectivity index (χ0n) is 10.4. The maximum atomic E-state index is 13.3. The Balaban J connectivity index is 2.67. The molecule has 0 saturated carbocycles. The van der Waals surface area contributed by atoms with Crippen LogP contribution in [0.15, 0.2) is 18.2 Å². The summed E-state index contributed by atoms with van der Waals surface area (Å²) in [5.41, 5.74) is -0.0469. The predicted molar refractivity (Wildman–Crippen MR) is 66.6 cm³/mol. The molecule has 0 unspecified atom stereocenters. The first-order valence-electron chi connectivity index (χ1n) is 5.56. The third-order valence-corrected chi connectivity index (χ3v) is 2.33. The zero-order valence-corrected chi connectivity index (χ0v) is 10.4. The highest BCUT2D eigenvalue weighted by atomic mass is 19.1. The van der Waals surface area contributed by atoms with Gasteiger partial charge in [0.2, 0.25) is 0 Å². The molecule has 0 aliphatic carbocycles. The van der Waals surface area contributed by atoms with Gasteiger partial charge in [0.15, 0.2) is 0 Å². The number of carboxylic acid groups (broad SMARTS) is 1. The van der Waals surface area contributed by atoms with Crippen LogP contribution in [-0.2, 0) is 11.3 Å². The molecule has 0 aliphatic rings. The molecule has 5 nitrogen and oxygen atoms in total.